The molecule has 0 fully saturated rings. The maximum absolute atomic E-state index is 12.6. The van der Waals surface area contributed by atoms with Crippen LogP contribution in [0.25, 0.3) is 0 Å². The molecule has 0 saturated carbocycles. The Kier molecular flexibility index (Phi) is 8.43. The summed E-state index contributed by atoms with van der Waals surface area (Å²) in [4.78, 5) is 12.5. The Bertz CT molecular complexity index is 1010. The van der Waals surface area contributed by atoms with Crippen molar-refractivity contribution in [2.75, 3.05) is 26.9 Å². The first kappa shape index (κ1) is 24.6. The minimum atomic E-state index is -4.45. The molecule has 0 bridgehead atoms. The van der Waals surface area contributed by atoms with E-state index in [1.165, 1.54) is 43.5 Å². The molecule has 0 aliphatic rings. The summed E-state index contributed by atoms with van der Waals surface area (Å²) >= 11 is 0. The van der Waals surface area contributed by atoms with Crippen molar-refractivity contribution < 1.29 is 35.9 Å². The molecule has 2 N–H and O–H groups in total. The molecule has 11 heteroatoms. The Morgan fingerprint density at radius 2 is 1.87 bits per heavy atom. The lowest BCUT2D eigenvalue weighted by Crippen LogP contribution is -2.28. The molecule has 2 aromatic carbocycles. The van der Waals surface area contributed by atoms with Crippen LogP contribution in [-0.2, 0) is 21.3 Å². The van der Waals surface area contributed by atoms with Gasteiger partial charge in [-0.2, -0.15) is 13.2 Å². The molecule has 0 radical (unpaired) electrons. The van der Waals surface area contributed by atoms with Gasteiger partial charge in [-0.3, -0.25) is 4.79 Å². The van der Waals surface area contributed by atoms with Crippen LogP contribution in [0.15, 0.2) is 47.4 Å². The van der Waals surface area contributed by atoms with Crippen LogP contribution in [0.5, 0.6) is 5.75 Å². The molecule has 31 heavy (non-hydrogen) atoms. The molecule has 0 atom stereocenters. The van der Waals surface area contributed by atoms with E-state index in [1.54, 1.807) is 13.0 Å². The first-order valence-corrected chi connectivity index (χ1v) is 10.7. The molecular formula is C20H23F3N2O5S. The summed E-state index contributed by atoms with van der Waals surface area (Å²) in [6.07, 6.45) is -4.45. The van der Waals surface area contributed by atoms with Crippen molar-refractivity contribution in [3.8, 4) is 5.75 Å². The second kappa shape index (κ2) is 10.6. The second-order valence-corrected chi connectivity index (χ2v) is 8.37. The summed E-state index contributed by atoms with van der Waals surface area (Å²) in [5.74, 6) is -0.497. The fourth-order valence-corrected chi connectivity index (χ4v) is 3.60. The van der Waals surface area contributed by atoms with Crippen molar-refractivity contribution in [1.82, 2.24) is 10.0 Å². The number of rotatable bonds is 10. The fraction of sp³-hybridized carbons (Fsp3) is 0.350. The predicted octanol–water partition coefficient (Wildman–Crippen LogP) is 2.79. The maximum atomic E-state index is 12.6. The van der Waals surface area contributed by atoms with Gasteiger partial charge in [0.05, 0.1) is 11.5 Å². The van der Waals surface area contributed by atoms with E-state index in [1.807, 2.05) is 0 Å². The topological polar surface area (TPSA) is 93.7 Å². The van der Waals surface area contributed by atoms with Gasteiger partial charge in [0.15, 0.2) is 6.61 Å². The number of carbonyl (C=O) groups excluding carboxylic acids is 1. The average Bonchev–Trinajstić information content (AvgIpc) is 2.70. The molecule has 0 heterocycles. The number of methoxy groups -OCH3 is 1. The summed E-state index contributed by atoms with van der Waals surface area (Å²) in [6, 6.07) is 10.1. The molecule has 0 saturated heterocycles. The van der Waals surface area contributed by atoms with Gasteiger partial charge >= 0.3 is 6.18 Å². The Morgan fingerprint density at radius 3 is 2.55 bits per heavy atom. The van der Waals surface area contributed by atoms with E-state index in [0.717, 1.165) is 0 Å². The summed E-state index contributed by atoms with van der Waals surface area (Å²) in [5, 5.41) is 2.63. The molecule has 2 rings (SSSR count). The number of aryl methyl sites for hydroxylation is 1. The first-order chi connectivity index (χ1) is 14.5. The standard InChI is InChI=1S/C20H23F3N2O5S/c1-14-6-7-17(31(27,28)25-8-9-29-2)11-18(14)19(26)24-12-15-4-3-5-16(10-15)30-13-20(21,22)23/h3-7,10-11,25H,8-9,12-13H2,1-2H3,(H,24,26). The Hall–Kier alpha value is -2.63. The van der Waals surface area contributed by atoms with E-state index in [4.69, 9.17) is 9.47 Å². The molecule has 0 spiro atoms. The Balaban J connectivity index is 2.07. The minimum absolute atomic E-state index is 0.0184. The number of ether oxygens (including phenoxy) is 2. The van der Waals surface area contributed by atoms with Gasteiger partial charge < -0.3 is 14.8 Å². The first-order valence-electron chi connectivity index (χ1n) is 9.18. The lowest BCUT2D eigenvalue weighted by Gasteiger charge is -2.12. The molecule has 170 valence electrons. The highest BCUT2D eigenvalue weighted by Gasteiger charge is 2.28. The third-order valence-corrected chi connectivity index (χ3v) is 5.57. The number of hydrogen-bond acceptors (Lipinski definition) is 5. The lowest BCUT2D eigenvalue weighted by atomic mass is 10.1. The van der Waals surface area contributed by atoms with Crippen molar-refractivity contribution in [3.05, 3.63) is 59.2 Å². The van der Waals surface area contributed by atoms with Crippen LogP contribution in [0.2, 0.25) is 0 Å². The summed E-state index contributed by atoms with van der Waals surface area (Å²) in [6.45, 7) is 0.548. The quantitative estimate of drug-likeness (QED) is 0.532. The molecule has 1 amide bonds. The van der Waals surface area contributed by atoms with Crippen molar-refractivity contribution >= 4 is 15.9 Å². The van der Waals surface area contributed by atoms with E-state index in [0.29, 0.717) is 11.1 Å². The minimum Gasteiger partial charge on any atom is -0.484 e. The summed E-state index contributed by atoms with van der Waals surface area (Å²) in [7, 11) is -2.37. The largest absolute Gasteiger partial charge is 0.484 e. The number of benzene rings is 2. The van der Waals surface area contributed by atoms with E-state index in [9.17, 15) is 26.4 Å². The average molecular weight is 460 g/mol. The second-order valence-electron chi connectivity index (χ2n) is 6.60. The lowest BCUT2D eigenvalue weighted by molar-refractivity contribution is -0.153. The van der Waals surface area contributed by atoms with Gasteiger partial charge in [-0.25, -0.2) is 13.1 Å². The fourth-order valence-electron chi connectivity index (χ4n) is 2.56. The third kappa shape index (κ3) is 7.85. The van der Waals surface area contributed by atoms with Crippen LogP contribution >= 0.6 is 0 Å². The van der Waals surface area contributed by atoms with E-state index >= 15 is 0 Å². The zero-order chi connectivity index (χ0) is 23.1. The molecule has 0 aliphatic heterocycles. The van der Waals surface area contributed by atoms with E-state index in [2.05, 4.69) is 10.0 Å². The third-order valence-electron chi connectivity index (χ3n) is 4.12. The van der Waals surface area contributed by atoms with Crippen molar-refractivity contribution in [2.24, 2.45) is 0 Å². The van der Waals surface area contributed by atoms with Gasteiger partial charge in [0.1, 0.15) is 5.75 Å². The maximum Gasteiger partial charge on any atom is 0.422 e. The normalized spacial score (nSPS) is 11.9. The van der Waals surface area contributed by atoms with Crippen LogP contribution in [0, 0.1) is 6.92 Å². The smallest absolute Gasteiger partial charge is 0.422 e. The SMILES string of the molecule is COCCNS(=O)(=O)c1ccc(C)c(C(=O)NCc2cccc(OCC(F)(F)F)c2)c1. The van der Waals surface area contributed by atoms with Crippen molar-refractivity contribution in [1.29, 1.82) is 0 Å². The van der Waals surface area contributed by atoms with Crippen molar-refractivity contribution in [2.45, 2.75) is 24.5 Å². The van der Waals surface area contributed by atoms with Gasteiger partial charge in [0, 0.05) is 25.8 Å². The number of carbonyl (C=O) groups is 1. The number of amides is 1. The Morgan fingerprint density at radius 1 is 1.13 bits per heavy atom. The molecular weight excluding hydrogens is 437 g/mol. The number of alkyl halides is 3. The predicted molar refractivity (Wildman–Crippen MR) is 107 cm³/mol. The van der Waals surface area contributed by atoms with Gasteiger partial charge in [-0.15, -0.1) is 0 Å². The molecule has 7 nitrogen and oxygen atoms in total. The van der Waals surface area contributed by atoms with Gasteiger partial charge in [-0.05, 0) is 42.3 Å². The van der Waals surface area contributed by atoms with Gasteiger partial charge in [0.2, 0.25) is 10.0 Å². The highest BCUT2D eigenvalue weighted by molar-refractivity contribution is 7.89. The number of hydrogen-bond donors (Lipinski definition) is 2. The summed E-state index contributed by atoms with van der Waals surface area (Å²) in [5.41, 5.74) is 1.25. The van der Waals surface area contributed by atoms with E-state index in [-0.39, 0.29) is 35.9 Å². The van der Waals surface area contributed by atoms with Crippen LogP contribution in [0.4, 0.5) is 13.2 Å². The van der Waals surface area contributed by atoms with Gasteiger partial charge in [-0.1, -0.05) is 18.2 Å². The molecule has 0 unspecified atom stereocenters. The number of sulfonamides is 1. The molecule has 0 aromatic heterocycles. The van der Waals surface area contributed by atoms with E-state index < -0.39 is 28.7 Å². The summed E-state index contributed by atoms with van der Waals surface area (Å²) < 4.78 is 73.4. The van der Waals surface area contributed by atoms with Crippen molar-refractivity contribution in [3.63, 3.8) is 0 Å². The zero-order valence-corrected chi connectivity index (χ0v) is 17.8. The molecule has 0 aliphatic carbocycles. The highest BCUT2D eigenvalue weighted by atomic mass is 32.2. The molecule has 2 aromatic rings. The van der Waals surface area contributed by atoms with Crippen LogP contribution < -0.4 is 14.8 Å². The Labute approximate surface area is 178 Å². The van der Waals surface area contributed by atoms with Crippen LogP contribution in [0.3, 0.4) is 0 Å². The number of nitrogens with one attached hydrogen (secondary N) is 2. The van der Waals surface area contributed by atoms with Gasteiger partial charge in [0.25, 0.3) is 5.91 Å². The zero-order valence-electron chi connectivity index (χ0n) is 17.0. The van der Waals surface area contributed by atoms with Crippen LogP contribution in [0.1, 0.15) is 21.5 Å². The van der Waals surface area contributed by atoms with Crippen LogP contribution in [-0.4, -0.2) is 47.4 Å². The monoisotopic (exact) mass is 460 g/mol. The number of halogens is 3. The highest BCUT2D eigenvalue weighted by Crippen LogP contribution is 2.20.